The Hall–Kier alpha value is -5.31. The number of carbonyl (C=O) groups excluding carboxylic acids is 5. The zero-order valence-electron chi connectivity index (χ0n) is 35.4. The summed E-state index contributed by atoms with van der Waals surface area (Å²) < 4.78 is 0. The van der Waals surface area contributed by atoms with Crippen LogP contribution < -0.4 is 49.5 Å². The van der Waals surface area contributed by atoms with Crippen LogP contribution >= 0.6 is 23.5 Å². The van der Waals surface area contributed by atoms with Crippen molar-refractivity contribution in [2.75, 3.05) is 37.1 Å². The number of nitrogens with one attached hydrogen (secondary N) is 6. The van der Waals surface area contributed by atoms with Crippen LogP contribution in [-0.4, -0.2) is 125 Å². The quantitative estimate of drug-likeness (QED) is 0.0257. The number of aromatic amines is 1. The van der Waals surface area contributed by atoms with Gasteiger partial charge in [-0.05, 0) is 92.7 Å². The average Bonchev–Trinajstić information content (AvgIpc) is 3.66. The fraction of sp³-hybridized carbons (Fsp3) is 0.500. The largest absolute Gasteiger partial charge is 0.480 e. The topological polar surface area (TPSA) is 315 Å². The molecule has 1 heterocycles. The maximum absolute atomic E-state index is 14.3. The Kier molecular flexibility index (Phi) is 22.7. The molecule has 0 bridgehead atoms. The van der Waals surface area contributed by atoms with E-state index in [1.807, 2.05) is 55.0 Å². The van der Waals surface area contributed by atoms with E-state index in [2.05, 4.69) is 36.6 Å². The number of carboxylic acid groups (broad SMARTS) is 1. The molecule has 5 amide bonds. The molecule has 3 rings (SSSR count). The minimum atomic E-state index is -1.24. The second-order valence-corrected chi connectivity index (χ2v) is 16.8. The third-order valence-electron chi connectivity index (χ3n) is 10.0. The summed E-state index contributed by atoms with van der Waals surface area (Å²) in [6, 6.07) is 9.73. The highest BCUT2D eigenvalue weighted by atomic mass is 32.2. The Labute approximate surface area is 371 Å². The Morgan fingerprint density at radius 2 is 1.19 bits per heavy atom. The summed E-state index contributed by atoms with van der Waals surface area (Å²) in [5.41, 5.74) is 24.8. The van der Waals surface area contributed by atoms with Gasteiger partial charge in [-0.15, -0.1) is 0 Å². The van der Waals surface area contributed by atoms with E-state index in [0.717, 1.165) is 16.5 Å². The van der Waals surface area contributed by atoms with E-state index < -0.39 is 71.8 Å². The third-order valence-corrected chi connectivity index (χ3v) is 11.3. The number of aliphatic imine (C=N–C) groups is 1. The second-order valence-electron chi connectivity index (χ2n) is 14.8. The summed E-state index contributed by atoms with van der Waals surface area (Å²) in [5.74, 6) is -3.58. The maximum atomic E-state index is 14.3. The molecule has 15 N–H and O–H groups in total. The number of nitrogens with zero attached hydrogens (tertiary/aromatic N) is 1. The number of para-hydroxylation sites is 1. The number of hydrogen-bond donors (Lipinski definition) is 11. The SMILES string of the molecule is CSCC[C@H](NC(=O)[C@H](Cc1c[nH]c2ccccc12)NC(=O)[C@H](CCSC)NC(=O)[C@H](Cc1ccccc1)NC(=O)[C@@H](N)CCCN=C(N)N)C(=O)N[C@@H](CCCCN)C(=O)O. The predicted octanol–water partition coefficient (Wildman–Crippen LogP) is 0.478. The number of carboxylic acids is 1. The number of aliphatic carboxylic acids is 1. The molecule has 0 aliphatic heterocycles. The lowest BCUT2D eigenvalue weighted by Crippen LogP contribution is -2.60. The third kappa shape index (κ3) is 17.6. The lowest BCUT2D eigenvalue weighted by molar-refractivity contribution is -0.142. The molecule has 20 heteroatoms. The number of aromatic nitrogens is 1. The molecule has 6 atom stereocenters. The number of fused-ring (bicyclic) bond motifs is 1. The van der Waals surface area contributed by atoms with Crippen LogP contribution in [0.4, 0.5) is 0 Å². The van der Waals surface area contributed by atoms with Crippen molar-refractivity contribution in [3.8, 4) is 0 Å². The number of thioether (sulfide) groups is 2. The fourth-order valence-corrected chi connectivity index (χ4v) is 7.51. The van der Waals surface area contributed by atoms with Crippen LogP contribution in [0.2, 0.25) is 0 Å². The zero-order valence-corrected chi connectivity index (χ0v) is 37.0. The van der Waals surface area contributed by atoms with Crippen LogP contribution in [0.5, 0.6) is 0 Å². The van der Waals surface area contributed by atoms with Gasteiger partial charge in [-0.3, -0.25) is 29.0 Å². The predicted molar refractivity (Wildman–Crippen MR) is 246 cm³/mol. The molecule has 2 aromatic carbocycles. The van der Waals surface area contributed by atoms with E-state index in [4.69, 9.17) is 22.9 Å². The zero-order chi connectivity index (χ0) is 45.4. The van der Waals surface area contributed by atoms with E-state index in [1.165, 1.54) is 23.5 Å². The summed E-state index contributed by atoms with van der Waals surface area (Å²) in [6.45, 7) is 0.649. The van der Waals surface area contributed by atoms with Crippen LogP contribution in [0.15, 0.2) is 65.8 Å². The van der Waals surface area contributed by atoms with Gasteiger partial charge < -0.3 is 59.6 Å². The molecular formula is C42H63N11O7S2. The Bertz CT molecular complexity index is 1930. The average molecular weight is 898 g/mol. The molecule has 18 nitrogen and oxygen atoms in total. The number of amides is 5. The number of unbranched alkanes of at least 4 members (excludes halogenated alkanes) is 1. The summed E-state index contributed by atoms with van der Waals surface area (Å²) in [4.78, 5) is 88.8. The lowest BCUT2D eigenvalue weighted by atomic mass is 10.0. The van der Waals surface area contributed by atoms with Crippen molar-refractivity contribution in [2.45, 2.75) is 94.0 Å². The van der Waals surface area contributed by atoms with Crippen molar-refractivity contribution in [2.24, 2.45) is 27.9 Å². The van der Waals surface area contributed by atoms with Gasteiger partial charge in [-0.1, -0.05) is 48.5 Å². The van der Waals surface area contributed by atoms with Gasteiger partial charge in [0.2, 0.25) is 29.5 Å². The monoisotopic (exact) mass is 897 g/mol. The van der Waals surface area contributed by atoms with Crippen molar-refractivity contribution in [3.63, 3.8) is 0 Å². The lowest BCUT2D eigenvalue weighted by Gasteiger charge is -2.27. The smallest absolute Gasteiger partial charge is 0.326 e. The number of nitrogens with two attached hydrogens (primary N) is 4. The van der Waals surface area contributed by atoms with Gasteiger partial charge in [0.05, 0.1) is 6.04 Å². The van der Waals surface area contributed by atoms with Crippen LogP contribution in [0.25, 0.3) is 10.9 Å². The first-order chi connectivity index (χ1) is 29.8. The Morgan fingerprint density at radius 1 is 0.661 bits per heavy atom. The molecule has 0 fully saturated rings. The van der Waals surface area contributed by atoms with Crippen LogP contribution in [0.3, 0.4) is 0 Å². The number of hydrogen-bond acceptors (Lipinski definition) is 11. The van der Waals surface area contributed by atoms with Gasteiger partial charge in [-0.2, -0.15) is 23.5 Å². The first-order valence-corrected chi connectivity index (χ1v) is 23.4. The van der Waals surface area contributed by atoms with Crippen molar-refractivity contribution >= 4 is 75.9 Å². The molecule has 0 aliphatic rings. The molecule has 3 aromatic rings. The van der Waals surface area contributed by atoms with Crippen LogP contribution in [0, 0.1) is 0 Å². The number of rotatable bonds is 29. The molecule has 0 spiro atoms. The minimum absolute atomic E-state index is 0.00620. The fourth-order valence-electron chi connectivity index (χ4n) is 6.57. The Balaban J connectivity index is 1.90. The Morgan fingerprint density at radius 3 is 1.77 bits per heavy atom. The van der Waals surface area contributed by atoms with E-state index in [-0.39, 0.29) is 51.0 Å². The highest BCUT2D eigenvalue weighted by Crippen LogP contribution is 2.20. The summed E-state index contributed by atoms with van der Waals surface area (Å²) in [5, 5.41) is 24.4. The molecule has 340 valence electrons. The summed E-state index contributed by atoms with van der Waals surface area (Å²) in [6.07, 6.45) is 7.79. The normalized spacial score (nSPS) is 14.0. The molecule has 0 saturated carbocycles. The number of benzene rings is 2. The first-order valence-electron chi connectivity index (χ1n) is 20.6. The van der Waals surface area contributed by atoms with Gasteiger partial charge in [0.15, 0.2) is 5.96 Å². The second kappa shape index (κ2) is 27.6. The highest BCUT2D eigenvalue weighted by Gasteiger charge is 2.33. The number of carbonyl (C=O) groups is 6. The first kappa shape index (κ1) is 51.0. The standard InChI is InChI=1S/C42H63N11O7S2/c1-61-21-17-31(37(55)51-33(41(59)60)16-8-9-19-43)50-40(58)35(24-27-25-48-30-15-7-6-13-28(27)30)53-38(56)32(18-22-62-2)49-39(57)34(23-26-11-4-3-5-12-26)52-36(54)29(44)14-10-20-47-42(45)46/h3-7,11-13,15,25,29,31-35,48H,8-10,14,16-24,43-44H2,1-2H3,(H,49,57)(H,50,58)(H,51,55)(H,52,54)(H,53,56)(H,59,60)(H4,45,46,47)/t29-,31-,32-,33-,34-,35-/m0/s1. The number of H-pyrrole nitrogens is 1. The van der Waals surface area contributed by atoms with E-state index in [9.17, 15) is 33.9 Å². The van der Waals surface area contributed by atoms with Crippen LogP contribution in [-0.2, 0) is 41.6 Å². The van der Waals surface area contributed by atoms with Gasteiger partial charge in [0.1, 0.15) is 30.2 Å². The van der Waals surface area contributed by atoms with E-state index in [0.29, 0.717) is 42.9 Å². The van der Waals surface area contributed by atoms with Crippen molar-refractivity contribution < 1.29 is 33.9 Å². The van der Waals surface area contributed by atoms with E-state index >= 15 is 0 Å². The maximum Gasteiger partial charge on any atom is 0.326 e. The molecule has 0 radical (unpaired) electrons. The molecule has 0 saturated heterocycles. The summed E-state index contributed by atoms with van der Waals surface area (Å²) in [7, 11) is 0. The van der Waals surface area contributed by atoms with Crippen molar-refractivity contribution in [3.05, 3.63) is 71.9 Å². The number of guanidine groups is 1. The highest BCUT2D eigenvalue weighted by molar-refractivity contribution is 7.98. The van der Waals surface area contributed by atoms with Crippen molar-refractivity contribution in [1.29, 1.82) is 0 Å². The summed E-state index contributed by atoms with van der Waals surface area (Å²) >= 11 is 2.90. The van der Waals surface area contributed by atoms with Gasteiger partial charge in [-0.25, -0.2) is 4.79 Å². The minimum Gasteiger partial charge on any atom is -0.480 e. The van der Waals surface area contributed by atoms with Gasteiger partial charge >= 0.3 is 5.97 Å². The molecular weight excluding hydrogens is 835 g/mol. The van der Waals surface area contributed by atoms with Crippen LogP contribution in [0.1, 0.15) is 56.1 Å². The molecule has 62 heavy (non-hydrogen) atoms. The molecule has 1 aromatic heterocycles. The molecule has 0 aliphatic carbocycles. The van der Waals surface area contributed by atoms with Crippen molar-refractivity contribution in [1.82, 2.24) is 31.6 Å². The molecule has 0 unspecified atom stereocenters. The van der Waals surface area contributed by atoms with Gasteiger partial charge in [0.25, 0.3) is 0 Å². The van der Waals surface area contributed by atoms with Gasteiger partial charge in [0, 0.05) is 36.5 Å². The van der Waals surface area contributed by atoms with E-state index in [1.54, 1.807) is 18.3 Å².